The summed E-state index contributed by atoms with van der Waals surface area (Å²) in [6, 6.07) is 10.3. The first-order valence-electron chi connectivity index (χ1n) is 8.29. The fourth-order valence-electron chi connectivity index (χ4n) is 4.56. The Morgan fingerprint density at radius 1 is 1.29 bits per heavy atom. The molecular formula is C18H26N2O4. The van der Waals surface area contributed by atoms with Gasteiger partial charge < -0.3 is 14.6 Å². The number of benzene rings is 1. The second-order valence-electron chi connectivity index (χ2n) is 7.37. The third kappa shape index (κ3) is 2.90. The van der Waals surface area contributed by atoms with E-state index < -0.39 is 17.2 Å². The molecule has 6 nitrogen and oxygen atoms in total. The Morgan fingerprint density at radius 2 is 2.00 bits per heavy atom. The van der Waals surface area contributed by atoms with Gasteiger partial charge in [-0.25, -0.2) is 4.79 Å². The highest BCUT2D eigenvalue weighted by Gasteiger charge is 2.63. The molecule has 1 aromatic carbocycles. The summed E-state index contributed by atoms with van der Waals surface area (Å²) in [5.41, 5.74) is 0.209. The van der Waals surface area contributed by atoms with Crippen molar-refractivity contribution in [3.05, 3.63) is 35.9 Å². The maximum atomic E-state index is 11.9. The number of piperazine rings is 1. The lowest BCUT2D eigenvalue weighted by molar-refractivity contribution is -0.111. The minimum Gasteiger partial charge on any atom is -0.465 e. The molecule has 0 spiro atoms. The van der Waals surface area contributed by atoms with E-state index in [0.29, 0.717) is 19.5 Å². The van der Waals surface area contributed by atoms with Crippen LogP contribution in [0.2, 0.25) is 0 Å². The quantitative estimate of drug-likeness (QED) is 0.838. The van der Waals surface area contributed by atoms with Crippen LogP contribution in [0.25, 0.3) is 0 Å². The van der Waals surface area contributed by atoms with E-state index >= 15 is 0 Å². The summed E-state index contributed by atoms with van der Waals surface area (Å²) in [4.78, 5) is 15.9. The molecule has 2 aliphatic rings. The minimum absolute atomic E-state index is 0.167. The number of hydrogen-bond acceptors (Lipinski definition) is 4. The van der Waals surface area contributed by atoms with E-state index in [1.165, 1.54) is 5.56 Å². The lowest BCUT2D eigenvalue weighted by Crippen LogP contribution is -2.68. The molecule has 3 rings (SSSR count). The van der Waals surface area contributed by atoms with Gasteiger partial charge >= 0.3 is 6.09 Å². The molecule has 1 aromatic rings. The Kier molecular flexibility index (Phi) is 4.55. The molecule has 0 saturated carbocycles. The molecule has 2 aliphatic heterocycles. The Bertz CT molecular complexity index is 596. The van der Waals surface area contributed by atoms with Gasteiger partial charge in [-0.1, -0.05) is 30.3 Å². The first-order chi connectivity index (χ1) is 11.4. The predicted molar refractivity (Wildman–Crippen MR) is 89.8 cm³/mol. The SMILES string of the molecule is COCOC1CC2(C)CN(Cc3ccccc3)CC1(C)N2C(=O)O. The molecule has 3 atom stereocenters. The Morgan fingerprint density at radius 3 is 2.62 bits per heavy atom. The monoisotopic (exact) mass is 334 g/mol. The number of carbonyl (C=O) groups is 1. The van der Waals surface area contributed by atoms with Gasteiger partial charge in [-0.15, -0.1) is 0 Å². The molecule has 3 unspecified atom stereocenters. The van der Waals surface area contributed by atoms with Crippen LogP contribution in [0.15, 0.2) is 30.3 Å². The third-order valence-corrected chi connectivity index (χ3v) is 5.30. The van der Waals surface area contributed by atoms with Gasteiger partial charge in [0.1, 0.15) is 6.79 Å². The van der Waals surface area contributed by atoms with Crippen molar-refractivity contribution in [1.82, 2.24) is 9.80 Å². The smallest absolute Gasteiger partial charge is 0.408 e. The van der Waals surface area contributed by atoms with Crippen molar-refractivity contribution in [2.75, 3.05) is 27.0 Å². The first kappa shape index (κ1) is 17.2. The molecule has 0 aromatic heterocycles. The molecule has 0 radical (unpaired) electrons. The second-order valence-corrected chi connectivity index (χ2v) is 7.37. The molecule has 2 saturated heterocycles. The van der Waals surface area contributed by atoms with Crippen LogP contribution in [0.1, 0.15) is 25.8 Å². The van der Waals surface area contributed by atoms with E-state index in [2.05, 4.69) is 17.0 Å². The average molecular weight is 334 g/mol. The molecule has 1 N–H and O–H groups in total. The maximum absolute atomic E-state index is 11.9. The number of likely N-dealkylation sites (tertiary alicyclic amines) is 1. The van der Waals surface area contributed by atoms with Crippen LogP contribution in [-0.2, 0) is 16.0 Å². The molecule has 6 heteroatoms. The normalized spacial score (nSPS) is 33.0. The number of nitrogens with zero attached hydrogens (tertiary/aromatic N) is 2. The van der Waals surface area contributed by atoms with Crippen molar-refractivity contribution >= 4 is 6.09 Å². The summed E-state index contributed by atoms with van der Waals surface area (Å²) in [7, 11) is 1.59. The van der Waals surface area contributed by atoms with Gasteiger partial charge in [0.2, 0.25) is 0 Å². The number of carboxylic acid groups (broad SMARTS) is 1. The van der Waals surface area contributed by atoms with Crippen molar-refractivity contribution < 1.29 is 19.4 Å². The highest BCUT2D eigenvalue weighted by atomic mass is 16.7. The summed E-state index contributed by atoms with van der Waals surface area (Å²) in [5, 5.41) is 9.79. The zero-order valence-electron chi connectivity index (χ0n) is 14.6. The number of methoxy groups -OCH3 is 1. The van der Waals surface area contributed by atoms with Crippen LogP contribution >= 0.6 is 0 Å². The first-order valence-corrected chi connectivity index (χ1v) is 8.29. The second kappa shape index (κ2) is 6.35. The van der Waals surface area contributed by atoms with Crippen molar-refractivity contribution in [1.29, 1.82) is 0 Å². The lowest BCUT2D eigenvalue weighted by Gasteiger charge is -2.51. The molecule has 1 amide bonds. The van der Waals surface area contributed by atoms with Gasteiger partial charge in [-0.05, 0) is 19.4 Å². The van der Waals surface area contributed by atoms with Gasteiger partial charge in [-0.3, -0.25) is 9.80 Å². The maximum Gasteiger partial charge on any atom is 0.408 e. The van der Waals surface area contributed by atoms with Gasteiger partial charge in [0, 0.05) is 33.2 Å². The van der Waals surface area contributed by atoms with Crippen LogP contribution in [0.4, 0.5) is 4.79 Å². The van der Waals surface area contributed by atoms with E-state index in [1.807, 2.05) is 32.0 Å². The van der Waals surface area contributed by atoms with E-state index in [9.17, 15) is 9.90 Å². The number of ether oxygens (including phenoxy) is 2. The fraction of sp³-hybridized carbons (Fsp3) is 0.611. The Hall–Kier alpha value is -1.63. The van der Waals surface area contributed by atoms with Gasteiger partial charge in [0.05, 0.1) is 17.2 Å². The molecule has 24 heavy (non-hydrogen) atoms. The molecule has 2 heterocycles. The summed E-state index contributed by atoms with van der Waals surface area (Å²) >= 11 is 0. The summed E-state index contributed by atoms with van der Waals surface area (Å²) in [6.45, 7) is 6.37. The minimum atomic E-state index is -0.872. The number of hydrogen-bond donors (Lipinski definition) is 1. The van der Waals surface area contributed by atoms with E-state index in [-0.39, 0.29) is 12.9 Å². The Balaban J connectivity index is 1.85. The zero-order valence-corrected chi connectivity index (χ0v) is 14.6. The van der Waals surface area contributed by atoms with Crippen LogP contribution in [-0.4, -0.2) is 65.2 Å². The van der Waals surface area contributed by atoms with E-state index in [4.69, 9.17) is 9.47 Å². The topological polar surface area (TPSA) is 62.2 Å². The number of fused-ring (bicyclic) bond motifs is 2. The molecule has 2 bridgehead atoms. The van der Waals surface area contributed by atoms with E-state index in [1.54, 1.807) is 12.0 Å². The zero-order chi connectivity index (χ0) is 17.4. The van der Waals surface area contributed by atoms with Crippen LogP contribution < -0.4 is 0 Å². The molecule has 132 valence electrons. The Labute approximate surface area is 143 Å². The van der Waals surface area contributed by atoms with Gasteiger partial charge in [-0.2, -0.15) is 0 Å². The van der Waals surface area contributed by atoms with Crippen molar-refractivity contribution in [2.24, 2.45) is 0 Å². The lowest BCUT2D eigenvalue weighted by atomic mass is 9.94. The largest absolute Gasteiger partial charge is 0.465 e. The van der Waals surface area contributed by atoms with E-state index in [0.717, 1.165) is 6.54 Å². The predicted octanol–water partition coefficient (Wildman–Crippen LogP) is 2.39. The number of rotatable bonds is 5. The van der Waals surface area contributed by atoms with Crippen LogP contribution in [0, 0.1) is 0 Å². The molecule has 2 fully saturated rings. The third-order valence-electron chi connectivity index (χ3n) is 5.30. The highest BCUT2D eigenvalue weighted by Crippen LogP contribution is 2.47. The van der Waals surface area contributed by atoms with Crippen molar-refractivity contribution in [3.8, 4) is 0 Å². The fourth-order valence-corrected chi connectivity index (χ4v) is 4.56. The summed E-state index contributed by atoms with van der Waals surface area (Å²) < 4.78 is 10.9. The highest BCUT2D eigenvalue weighted by molar-refractivity contribution is 5.69. The van der Waals surface area contributed by atoms with Crippen molar-refractivity contribution in [3.63, 3.8) is 0 Å². The van der Waals surface area contributed by atoms with Crippen LogP contribution in [0.3, 0.4) is 0 Å². The average Bonchev–Trinajstić information content (AvgIpc) is 2.65. The molecule has 0 aliphatic carbocycles. The standard InChI is InChI=1S/C18H26N2O4/c1-17-9-15(24-13-23-3)18(2,20(17)16(21)22)12-19(11-17)10-14-7-5-4-6-8-14/h4-8,15H,9-13H2,1-3H3,(H,21,22). The van der Waals surface area contributed by atoms with Gasteiger partial charge in [0.15, 0.2) is 0 Å². The summed E-state index contributed by atoms with van der Waals surface area (Å²) in [6.07, 6.45) is -0.355. The number of amides is 1. The van der Waals surface area contributed by atoms with Gasteiger partial charge in [0.25, 0.3) is 0 Å². The van der Waals surface area contributed by atoms with Crippen LogP contribution in [0.5, 0.6) is 0 Å². The summed E-state index contributed by atoms with van der Waals surface area (Å²) in [5.74, 6) is 0. The molecular weight excluding hydrogens is 308 g/mol. The van der Waals surface area contributed by atoms with Crippen molar-refractivity contribution in [2.45, 2.75) is 44.0 Å².